The third-order valence-electron chi connectivity index (χ3n) is 3.13. The van der Waals surface area contributed by atoms with Crippen LogP contribution in [0.15, 0.2) is 42.5 Å². The summed E-state index contributed by atoms with van der Waals surface area (Å²) in [6.45, 7) is 2.19. The van der Waals surface area contributed by atoms with Crippen molar-refractivity contribution < 1.29 is 0 Å². The number of hydrogen-bond acceptors (Lipinski definition) is 3. The van der Waals surface area contributed by atoms with E-state index in [2.05, 4.69) is 35.4 Å². The van der Waals surface area contributed by atoms with Gasteiger partial charge in [0.1, 0.15) is 0 Å². The van der Waals surface area contributed by atoms with E-state index in [1.165, 1.54) is 5.56 Å². The van der Waals surface area contributed by atoms with Crippen LogP contribution in [0.2, 0.25) is 5.02 Å². The van der Waals surface area contributed by atoms with Crippen LogP contribution >= 0.6 is 22.9 Å². The number of fused-ring (bicyclic) bond motifs is 1. The highest BCUT2D eigenvalue weighted by Gasteiger charge is 2.07. The lowest BCUT2D eigenvalue weighted by Gasteiger charge is -2.08. The summed E-state index contributed by atoms with van der Waals surface area (Å²) in [5, 5.41) is 5.06. The Kier molecular flexibility index (Phi) is 3.90. The largest absolute Gasteiger partial charge is 0.331 e. The molecule has 1 aromatic heterocycles. The molecule has 2 nitrogen and oxygen atoms in total. The quantitative estimate of drug-likeness (QED) is 0.674. The zero-order chi connectivity index (χ0) is 13.9. The first-order valence-electron chi connectivity index (χ1n) is 6.67. The Labute approximate surface area is 127 Å². The van der Waals surface area contributed by atoms with Crippen molar-refractivity contribution in [1.82, 2.24) is 4.98 Å². The molecule has 2 aromatic carbocycles. The summed E-state index contributed by atoms with van der Waals surface area (Å²) >= 11 is 7.65. The van der Waals surface area contributed by atoms with Gasteiger partial charge in [0, 0.05) is 10.7 Å². The van der Waals surface area contributed by atoms with Gasteiger partial charge in [-0.05, 0) is 36.2 Å². The van der Waals surface area contributed by atoms with Crippen LogP contribution in [0.3, 0.4) is 0 Å². The molecule has 0 aliphatic carbocycles. The van der Waals surface area contributed by atoms with Crippen LogP contribution in [0, 0.1) is 0 Å². The van der Waals surface area contributed by atoms with Gasteiger partial charge in [-0.1, -0.05) is 54.5 Å². The van der Waals surface area contributed by atoms with E-state index in [9.17, 15) is 0 Å². The van der Waals surface area contributed by atoms with E-state index in [1.54, 1.807) is 11.3 Å². The van der Waals surface area contributed by atoms with Gasteiger partial charge in [0.2, 0.25) is 0 Å². The molecule has 0 atom stereocenters. The fourth-order valence-electron chi connectivity index (χ4n) is 2.20. The molecular formula is C16H15ClN2S. The van der Waals surface area contributed by atoms with Gasteiger partial charge in [-0.2, -0.15) is 0 Å². The lowest BCUT2D eigenvalue weighted by molar-refractivity contribution is 0.923. The van der Waals surface area contributed by atoms with Crippen LogP contribution < -0.4 is 5.32 Å². The number of rotatable bonds is 4. The van der Waals surface area contributed by atoms with Gasteiger partial charge in [-0.15, -0.1) is 0 Å². The first-order valence-corrected chi connectivity index (χ1v) is 7.86. The number of nitrogens with zero attached hydrogens (tertiary/aromatic N) is 1. The van der Waals surface area contributed by atoms with Gasteiger partial charge in [0.05, 0.1) is 10.2 Å². The monoisotopic (exact) mass is 302 g/mol. The fraction of sp³-hybridized carbons (Fsp3) is 0.188. The number of halogens is 1. The summed E-state index contributed by atoms with van der Waals surface area (Å²) in [4.78, 5) is 4.59. The third kappa shape index (κ3) is 2.79. The Hall–Kier alpha value is -1.58. The number of benzene rings is 2. The van der Waals surface area contributed by atoms with E-state index in [0.29, 0.717) is 0 Å². The maximum atomic E-state index is 6.00. The van der Waals surface area contributed by atoms with Crippen LogP contribution in [0.5, 0.6) is 0 Å². The van der Waals surface area contributed by atoms with Crippen LogP contribution in [0.1, 0.15) is 18.9 Å². The fourth-order valence-corrected chi connectivity index (χ4v) is 3.22. The van der Waals surface area contributed by atoms with Gasteiger partial charge < -0.3 is 5.32 Å². The molecule has 0 aliphatic rings. The van der Waals surface area contributed by atoms with Gasteiger partial charge in [-0.25, -0.2) is 4.98 Å². The van der Waals surface area contributed by atoms with Crippen molar-refractivity contribution >= 4 is 44.0 Å². The standard InChI is InChI=1S/C16H15ClN2S/c1-2-5-11-6-3-4-7-13(11)18-16-19-14-10-12(17)8-9-15(14)20-16/h3-4,6-10H,2,5H2,1H3,(H,18,19). The maximum Gasteiger partial charge on any atom is 0.188 e. The van der Waals surface area contributed by atoms with E-state index < -0.39 is 0 Å². The van der Waals surface area contributed by atoms with Crippen LogP contribution in [-0.4, -0.2) is 4.98 Å². The number of hydrogen-bond donors (Lipinski definition) is 1. The van der Waals surface area contributed by atoms with Crippen molar-refractivity contribution in [3.63, 3.8) is 0 Å². The molecule has 102 valence electrons. The molecule has 4 heteroatoms. The van der Waals surface area contributed by atoms with Crippen molar-refractivity contribution in [2.75, 3.05) is 5.32 Å². The molecule has 0 spiro atoms. The lowest BCUT2D eigenvalue weighted by atomic mass is 10.1. The number of nitrogens with one attached hydrogen (secondary N) is 1. The van der Waals surface area contributed by atoms with Gasteiger partial charge >= 0.3 is 0 Å². The van der Waals surface area contributed by atoms with E-state index >= 15 is 0 Å². The van der Waals surface area contributed by atoms with E-state index in [4.69, 9.17) is 11.6 Å². The minimum absolute atomic E-state index is 0.723. The normalized spacial score (nSPS) is 10.9. The molecule has 3 aromatic rings. The first-order chi connectivity index (χ1) is 9.76. The van der Waals surface area contributed by atoms with Crippen LogP contribution in [-0.2, 0) is 6.42 Å². The molecule has 0 amide bonds. The van der Waals surface area contributed by atoms with Crippen molar-refractivity contribution in [2.24, 2.45) is 0 Å². The molecule has 0 saturated carbocycles. The van der Waals surface area contributed by atoms with Crippen LogP contribution in [0.4, 0.5) is 10.8 Å². The molecule has 0 bridgehead atoms. The predicted molar refractivity (Wildman–Crippen MR) is 88.3 cm³/mol. The van der Waals surface area contributed by atoms with E-state index in [0.717, 1.165) is 38.9 Å². The molecule has 20 heavy (non-hydrogen) atoms. The van der Waals surface area contributed by atoms with Crippen molar-refractivity contribution in [3.8, 4) is 0 Å². The molecule has 0 unspecified atom stereocenters. The third-order valence-corrected chi connectivity index (χ3v) is 4.31. The van der Waals surface area contributed by atoms with Gasteiger partial charge in [0.15, 0.2) is 5.13 Å². The molecule has 0 radical (unpaired) electrons. The Morgan fingerprint density at radius 1 is 1.20 bits per heavy atom. The smallest absolute Gasteiger partial charge is 0.188 e. The summed E-state index contributed by atoms with van der Waals surface area (Å²) in [7, 11) is 0. The summed E-state index contributed by atoms with van der Waals surface area (Å²) < 4.78 is 1.14. The topological polar surface area (TPSA) is 24.9 Å². The zero-order valence-corrected chi connectivity index (χ0v) is 12.8. The van der Waals surface area contributed by atoms with Crippen molar-refractivity contribution in [1.29, 1.82) is 0 Å². The molecule has 0 saturated heterocycles. The highest BCUT2D eigenvalue weighted by molar-refractivity contribution is 7.22. The van der Waals surface area contributed by atoms with Crippen molar-refractivity contribution in [2.45, 2.75) is 19.8 Å². The summed E-state index contributed by atoms with van der Waals surface area (Å²) in [5.74, 6) is 0. The Morgan fingerprint density at radius 3 is 2.90 bits per heavy atom. The molecule has 1 heterocycles. The second-order valence-corrected chi connectivity index (χ2v) is 6.13. The van der Waals surface area contributed by atoms with Gasteiger partial charge in [-0.3, -0.25) is 0 Å². The van der Waals surface area contributed by atoms with Crippen LogP contribution in [0.25, 0.3) is 10.2 Å². The predicted octanol–water partition coefficient (Wildman–Crippen LogP) is 5.65. The number of anilines is 2. The molecule has 3 rings (SSSR count). The average Bonchev–Trinajstić information content (AvgIpc) is 2.82. The Balaban J connectivity index is 1.93. The zero-order valence-electron chi connectivity index (χ0n) is 11.2. The summed E-state index contributed by atoms with van der Waals surface area (Å²) in [6.07, 6.45) is 2.20. The summed E-state index contributed by atoms with van der Waals surface area (Å²) in [6, 6.07) is 14.2. The number of aryl methyl sites for hydroxylation is 1. The SMILES string of the molecule is CCCc1ccccc1Nc1nc2cc(Cl)ccc2s1. The second kappa shape index (κ2) is 5.81. The lowest BCUT2D eigenvalue weighted by Crippen LogP contribution is -1.95. The number of aromatic nitrogens is 1. The highest BCUT2D eigenvalue weighted by atomic mass is 35.5. The second-order valence-electron chi connectivity index (χ2n) is 4.66. The van der Waals surface area contributed by atoms with E-state index in [1.807, 2.05) is 24.3 Å². The maximum absolute atomic E-state index is 6.00. The average molecular weight is 303 g/mol. The Bertz CT molecular complexity index is 736. The van der Waals surface area contributed by atoms with Crippen molar-refractivity contribution in [3.05, 3.63) is 53.1 Å². The molecule has 0 fully saturated rings. The molecular weight excluding hydrogens is 288 g/mol. The minimum Gasteiger partial charge on any atom is -0.331 e. The number of thiazole rings is 1. The first kappa shape index (κ1) is 13.4. The number of para-hydroxylation sites is 1. The van der Waals surface area contributed by atoms with Gasteiger partial charge in [0.25, 0.3) is 0 Å². The molecule has 0 aliphatic heterocycles. The Morgan fingerprint density at radius 2 is 2.05 bits per heavy atom. The highest BCUT2D eigenvalue weighted by Crippen LogP contribution is 2.31. The summed E-state index contributed by atoms with van der Waals surface area (Å²) in [5.41, 5.74) is 3.41. The molecule has 1 N–H and O–H groups in total. The van der Waals surface area contributed by atoms with E-state index in [-0.39, 0.29) is 0 Å². The minimum atomic E-state index is 0.723.